The Morgan fingerprint density at radius 2 is 2.21 bits per heavy atom. The fraction of sp³-hybridized carbons (Fsp3) is 0.800. The van der Waals surface area contributed by atoms with Crippen LogP contribution < -0.4 is 5.73 Å². The summed E-state index contributed by atoms with van der Waals surface area (Å²) in [6, 6.07) is 0. The minimum absolute atomic E-state index is 0.440. The molecule has 1 saturated carbocycles. The first kappa shape index (κ1) is 9.65. The van der Waals surface area contributed by atoms with Crippen LogP contribution in [0.15, 0.2) is 12.7 Å². The van der Waals surface area contributed by atoms with Crippen LogP contribution in [0, 0.1) is 17.3 Å². The van der Waals surface area contributed by atoms with Gasteiger partial charge in [0.05, 0.1) is 0 Å². The van der Waals surface area contributed by atoms with E-state index in [1.807, 2.05) is 4.68 Å². The Labute approximate surface area is 84.5 Å². The normalized spacial score (nSPS) is 29.1. The van der Waals surface area contributed by atoms with Crippen LogP contribution in [0.3, 0.4) is 0 Å². The van der Waals surface area contributed by atoms with Crippen molar-refractivity contribution in [3.8, 4) is 0 Å². The van der Waals surface area contributed by atoms with Crippen molar-refractivity contribution in [3.63, 3.8) is 0 Å². The van der Waals surface area contributed by atoms with Gasteiger partial charge in [-0.25, -0.2) is 4.98 Å². The van der Waals surface area contributed by atoms with Crippen LogP contribution in [0.1, 0.15) is 20.3 Å². The SMILES string of the molecule is CC1(C)[C@@H](CN)[C@@H]1CCn1cncn1. The number of aryl methyl sites for hydroxylation is 1. The summed E-state index contributed by atoms with van der Waals surface area (Å²) < 4.78 is 1.89. The minimum Gasteiger partial charge on any atom is -0.330 e. The highest BCUT2D eigenvalue weighted by Crippen LogP contribution is 2.59. The van der Waals surface area contributed by atoms with Crippen LogP contribution in [0.5, 0.6) is 0 Å². The average molecular weight is 194 g/mol. The lowest BCUT2D eigenvalue weighted by molar-refractivity contribution is 0.476. The molecule has 4 heteroatoms. The molecule has 0 unspecified atom stereocenters. The second-order valence-corrected chi connectivity index (χ2v) is 4.72. The van der Waals surface area contributed by atoms with E-state index in [1.165, 1.54) is 0 Å². The summed E-state index contributed by atoms with van der Waals surface area (Å²) in [7, 11) is 0. The summed E-state index contributed by atoms with van der Waals surface area (Å²) in [4.78, 5) is 3.92. The maximum Gasteiger partial charge on any atom is 0.137 e. The van der Waals surface area contributed by atoms with Gasteiger partial charge in [-0.3, -0.25) is 4.68 Å². The minimum atomic E-state index is 0.440. The molecular weight excluding hydrogens is 176 g/mol. The fourth-order valence-corrected chi connectivity index (χ4v) is 2.52. The largest absolute Gasteiger partial charge is 0.330 e. The molecule has 1 fully saturated rings. The summed E-state index contributed by atoms with van der Waals surface area (Å²) in [6.45, 7) is 6.38. The van der Waals surface area contributed by atoms with Gasteiger partial charge in [0.15, 0.2) is 0 Å². The lowest BCUT2D eigenvalue weighted by Gasteiger charge is -2.02. The van der Waals surface area contributed by atoms with Gasteiger partial charge < -0.3 is 5.73 Å². The fourth-order valence-electron chi connectivity index (χ4n) is 2.52. The predicted octanol–water partition coefficient (Wildman–Crippen LogP) is 0.899. The van der Waals surface area contributed by atoms with Crippen molar-refractivity contribution >= 4 is 0 Å². The van der Waals surface area contributed by atoms with E-state index in [4.69, 9.17) is 5.73 Å². The molecule has 0 aromatic carbocycles. The van der Waals surface area contributed by atoms with E-state index in [0.29, 0.717) is 11.3 Å². The van der Waals surface area contributed by atoms with E-state index in [0.717, 1.165) is 25.4 Å². The monoisotopic (exact) mass is 194 g/mol. The maximum absolute atomic E-state index is 5.71. The van der Waals surface area contributed by atoms with Crippen molar-refractivity contribution in [1.82, 2.24) is 14.8 Å². The van der Waals surface area contributed by atoms with Crippen LogP contribution >= 0.6 is 0 Å². The Morgan fingerprint density at radius 1 is 1.43 bits per heavy atom. The van der Waals surface area contributed by atoms with E-state index >= 15 is 0 Å². The van der Waals surface area contributed by atoms with Gasteiger partial charge in [-0.15, -0.1) is 0 Å². The van der Waals surface area contributed by atoms with Crippen LogP contribution in [0.4, 0.5) is 0 Å². The van der Waals surface area contributed by atoms with Crippen LogP contribution in [-0.4, -0.2) is 21.3 Å². The molecule has 14 heavy (non-hydrogen) atoms. The van der Waals surface area contributed by atoms with E-state index in [1.54, 1.807) is 12.7 Å². The van der Waals surface area contributed by atoms with Gasteiger partial charge in [0, 0.05) is 6.54 Å². The molecule has 1 aliphatic carbocycles. The second-order valence-electron chi connectivity index (χ2n) is 4.72. The first-order valence-electron chi connectivity index (χ1n) is 5.18. The zero-order chi connectivity index (χ0) is 10.2. The molecule has 2 rings (SSSR count). The molecule has 1 aliphatic rings. The van der Waals surface area contributed by atoms with Crippen molar-refractivity contribution in [2.45, 2.75) is 26.8 Å². The molecule has 2 N–H and O–H groups in total. The van der Waals surface area contributed by atoms with Gasteiger partial charge in [-0.1, -0.05) is 13.8 Å². The Morgan fingerprint density at radius 3 is 2.71 bits per heavy atom. The molecule has 0 radical (unpaired) electrons. The van der Waals surface area contributed by atoms with Gasteiger partial charge in [-0.05, 0) is 30.2 Å². The standard InChI is InChI=1S/C10H18N4/c1-10(2)8(9(10)5-11)3-4-14-7-12-6-13-14/h6-9H,3-5,11H2,1-2H3/t8-,9-/m0/s1. The Kier molecular flexibility index (Phi) is 2.31. The van der Waals surface area contributed by atoms with Crippen molar-refractivity contribution in [2.75, 3.05) is 6.54 Å². The number of nitrogens with two attached hydrogens (primary N) is 1. The second kappa shape index (κ2) is 3.35. The van der Waals surface area contributed by atoms with E-state index in [9.17, 15) is 0 Å². The Bertz CT molecular complexity index is 291. The molecule has 2 atom stereocenters. The average Bonchev–Trinajstić information content (AvgIpc) is 2.57. The maximum atomic E-state index is 5.71. The van der Waals surface area contributed by atoms with Gasteiger partial charge in [0.1, 0.15) is 12.7 Å². The third-order valence-electron chi connectivity index (χ3n) is 3.68. The zero-order valence-electron chi connectivity index (χ0n) is 8.85. The first-order chi connectivity index (χ1) is 6.66. The molecular formula is C10H18N4. The number of aromatic nitrogens is 3. The van der Waals surface area contributed by atoms with Crippen molar-refractivity contribution < 1.29 is 0 Å². The summed E-state index contributed by atoms with van der Waals surface area (Å²) >= 11 is 0. The highest BCUT2D eigenvalue weighted by molar-refractivity contribution is 5.04. The Balaban J connectivity index is 1.83. The lowest BCUT2D eigenvalue weighted by Crippen LogP contribution is -2.05. The quantitative estimate of drug-likeness (QED) is 0.774. The van der Waals surface area contributed by atoms with E-state index < -0.39 is 0 Å². The predicted molar refractivity (Wildman–Crippen MR) is 54.5 cm³/mol. The molecule has 1 heterocycles. The van der Waals surface area contributed by atoms with Crippen molar-refractivity contribution in [2.24, 2.45) is 23.0 Å². The summed E-state index contributed by atoms with van der Waals surface area (Å²) in [5.41, 5.74) is 6.15. The molecule has 0 aliphatic heterocycles. The van der Waals surface area contributed by atoms with Gasteiger partial charge in [0.2, 0.25) is 0 Å². The number of hydrogen-bond acceptors (Lipinski definition) is 3. The molecule has 0 saturated heterocycles. The summed E-state index contributed by atoms with van der Waals surface area (Å²) in [5.74, 6) is 1.46. The number of hydrogen-bond donors (Lipinski definition) is 1. The third kappa shape index (κ3) is 1.54. The van der Waals surface area contributed by atoms with E-state index in [2.05, 4.69) is 23.9 Å². The smallest absolute Gasteiger partial charge is 0.137 e. The summed E-state index contributed by atoms with van der Waals surface area (Å²) in [6.07, 6.45) is 4.52. The van der Waals surface area contributed by atoms with Crippen molar-refractivity contribution in [1.29, 1.82) is 0 Å². The molecule has 0 bridgehead atoms. The molecule has 78 valence electrons. The highest BCUT2D eigenvalue weighted by Gasteiger charge is 2.55. The van der Waals surface area contributed by atoms with Crippen LogP contribution in [0.25, 0.3) is 0 Å². The van der Waals surface area contributed by atoms with Gasteiger partial charge in [0.25, 0.3) is 0 Å². The van der Waals surface area contributed by atoms with Crippen LogP contribution in [0.2, 0.25) is 0 Å². The number of nitrogens with zero attached hydrogens (tertiary/aromatic N) is 3. The molecule has 1 aromatic heterocycles. The molecule has 0 amide bonds. The van der Waals surface area contributed by atoms with Gasteiger partial charge in [-0.2, -0.15) is 5.10 Å². The zero-order valence-corrected chi connectivity index (χ0v) is 8.85. The van der Waals surface area contributed by atoms with Crippen molar-refractivity contribution in [3.05, 3.63) is 12.7 Å². The molecule has 0 spiro atoms. The summed E-state index contributed by atoms with van der Waals surface area (Å²) in [5, 5.41) is 4.09. The third-order valence-corrected chi connectivity index (χ3v) is 3.68. The van der Waals surface area contributed by atoms with Gasteiger partial charge >= 0.3 is 0 Å². The highest BCUT2D eigenvalue weighted by atomic mass is 15.3. The van der Waals surface area contributed by atoms with E-state index in [-0.39, 0.29) is 0 Å². The molecule has 1 aromatic rings. The first-order valence-corrected chi connectivity index (χ1v) is 5.18. The Hall–Kier alpha value is -0.900. The molecule has 4 nitrogen and oxygen atoms in total. The number of rotatable bonds is 4. The topological polar surface area (TPSA) is 56.7 Å². The van der Waals surface area contributed by atoms with Crippen LogP contribution in [-0.2, 0) is 6.54 Å². The lowest BCUT2D eigenvalue weighted by atomic mass is 10.1.